The second-order valence-corrected chi connectivity index (χ2v) is 6.54. The molecule has 106 valence electrons. The maximum absolute atomic E-state index is 3.69. The Balaban J connectivity index is 1.70. The first-order chi connectivity index (χ1) is 9.83. The number of thiophene rings is 1. The summed E-state index contributed by atoms with van der Waals surface area (Å²) in [6.07, 6.45) is 3.83. The highest BCUT2D eigenvalue weighted by molar-refractivity contribution is 7.13. The van der Waals surface area contributed by atoms with E-state index in [0.717, 1.165) is 0 Å². The molecular formula is C17H22N2S. The van der Waals surface area contributed by atoms with Gasteiger partial charge in [-0.3, -0.25) is 0 Å². The highest BCUT2D eigenvalue weighted by Gasteiger charge is 2.17. The zero-order valence-corrected chi connectivity index (χ0v) is 12.7. The molecule has 3 heteroatoms. The SMILES string of the molecule is CC(CC1CCCN1)Nc1ccccc1-c1cccs1. The van der Waals surface area contributed by atoms with E-state index in [9.17, 15) is 0 Å². The summed E-state index contributed by atoms with van der Waals surface area (Å²) in [7, 11) is 0. The fraction of sp³-hybridized carbons (Fsp3) is 0.412. The zero-order valence-electron chi connectivity index (χ0n) is 11.9. The van der Waals surface area contributed by atoms with Gasteiger partial charge in [-0.25, -0.2) is 0 Å². The lowest BCUT2D eigenvalue weighted by molar-refractivity contribution is 0.523. The fourth-order valence-corrected chi connectivity index (χ4v) is 3.73. The van der Waals surface area contributed by atoms with E-state index in [2.05, 4.69) is 59.3 Å². The van der Waals surface area contributed by atoms with Gasteiger partial charge < -0.3 is 10.6 Å². The predicted molar refractivity (Wildman–Crippen MR) is 88.5 cm³/mol. The van der Waals surface area contributed by atoms with Gasteiger partial charge in [0.2, 0.25) is 0 Å². The molecule has 1 aromatic heterocycles. The molecule has 1 aromatic carbocycles. The Morgan fingerprint density at radius 1 is 1.30 bits per heavy atom. The molecule has 3 rings (SSSR count). The van der Waals surface area contributed by atoms with Gasteiger partial charge in [-0.2, -0.15) is 0 Å². The maximum atomic E-state index is 3.69. The summed E-state index contributed by atoms with van der Waals surface area (Å²) in [5, 5.41) is 9.41. The Kier molecular flexibility index (Phi) is 4.38. The van der Waals surface area contributed by atoms with Crippen LogP contribution in [0.1, 0.15) is 26.2 Å². The van der Waals surface area contributed by atoms with Crippen molar-refractivity contribution in [2.75, 3.05) is 11.9 Å². The van der Waals surface area contributed by atoms with E-state index < -0.39 is 0 Å². The lowest BCUT2D eigenvalue weighted by Crippen LogP contribution is -2.29. The standard InChI is InChI=1S/C17H22N2S/c1-13(12-14-6-4-10-18-14)19-16-8-3-2-7-15(16)17-9-5-11-20-17/h2-3,5,7-9,11,13-14,18-19H,4,6,10,12H2,1H3. The van der Waals surface area contributed by atoms with Crippen molar-refractivity contribution >= 4 is 17.0 Å². The van der Waals surface area contributed by atoms with Crippen LogP contribution >= 0.6 is 11.3 Å². The van der Waals surface area contributed by atoms with Crippen LogP contribution in [-0.2, 0) is 0 Å². The summed E-state index contributed by atoms with van der Waals surface area (Å²) in [4.78, 5) is 1.33. The summed E-state index contributed by atoms with van der Waals surface area (Å²) in [6.45, 7) is 3.47. The lowest BCUT2D eigenvalue weighted by atomic mass is 10.1. The Labute approximate surface area is 125 Å². The van der Waals surface area contributed by atoms with Crippen molar-refractivity contribution in [2.24, 2.45) is 0 Å². The van der Waals surface area contributed by atoms with Crippen LogP contribution in [-0.4, -0.2) is 18.6 Å². The Bertz CT molecular complexity index is 530. The fourth-order valence-electron chi connectivity index (χ4n) is 2.96. The molecule has 20 heavy (non-hydrogen) atoms. The van der Waals surface area contributed by atoms with E-state index in [4.69, 9.17) is 0 Å². The summed E-state index contributed by atoms with van der Waals surface area (Å²) in [6, 6.07) is 14.1. The summed E-state index contributed by atoms with van der Waals surface area (Å²) < 4.78 is 0. The lowest BCUT2D eigenvalue weighted by Gasteiger charge is -2.21. The van der Waals surface area contributed by atoms with Crippen LogP contribution in [0.2, 0.25) is 0 Å². The van der Waals surface area contributed by atoms with Gasteiger partial charge in [-0.15, -0.1) is 11.3 Å². The third kappa shape index (κ3) is 3.22. The third-order valence-electron chi connectivity index (χ3n) is 3.92. The molecule has 0 aliphatic carbocycles. The van der Waals surface area contributed by atoms with Crippen molar-refractivity contribution in [1.82, 2.24) is 5.32 Å². The highest BCUT2D eigenvalue weighted by Crippen LogP contribution is 2.32. The molecule has 1 fully saturated rings. The third-order valence-corrected chi connectivity index (χ3v) is 4.82. The highest BCUT2D eigenvalue weighted by atomic mass is 32.1. The van der Waals surface area contributed by atoms with Gasteiger partial charge in [0.15, 0.2) is 0 Å². The Hall–Kier alpha value is -1.32. The molecule has 0 saturated carbocycles. The number of hydrogen-bond acceptors (Lipinski definition) is 3. The maximum Gasteiger partial charge on any atom is 0.0430 e. The molecule has 2 aromatic rings. The van der Waals surface area contributed by atoms with Crippen molar-refractivity contribution < 1.29 is 0 Å². The minimum absolute atomic E-state index is 0.492. The Morgan fingerprint density at radius 3 is 2.95 bits per heavy atom. The van der Waals surface area contributed by atoms with E-state index in [1.165, 1.54) is 41.9 Å². The minimum atomic E-state index is 0.492. The predicted octanol–water partition coefficient (Wildman–Crippen LogP) is 4.36. The number of anilines is 1. The molecule has 0 bridgehead atoms. The van der Waals surface area contributed by atoms with Crippen LogP contribution in [0.4, 0.5) is 5.69 Å². The second kappa shape index (κ2) is 6.42. The molecular weight excluding hydrogens is 264 g/mol. The monoisotopic (exact) mass is 286 g/mol. The van der Waals surface area contributed by atoms with Crippen molar-refractivity contribution in [3.05, 3.63) is 41.8 Å². The molecule has 1 aliphatic rings. The summed E-state index contributed by atoms with van der Waals surface area (Å²) >= 11 is 1.80. The molecule has 2 unspecified atom stereocenters. The Morgan fingerprint density at radius 2 is 2.20 bits per heavy atom. The molecule has 1 saturated heterocycles. The van der Waals surface area contributed by atoms with Crippen molar-refractivity contribution in [3.63, 3.8) is 0 Å². The zero-order chi connectivity index (χ0) is 13.8. The van der Waals surface area contributed by atoms with E-state index in [1.54, 1.807) is 11.3 Å². The number of nitrogens with one attached hydrogen (secondary N) is 2. The normalized spacial score (nSPS) is 19.9. The van der Waals surface area contributed by atoms with Gasteiger partial charge in [0, 0.05) is 28.2 Å². The average Bonchev–Trinajstić information content (AvgIpc) is 3.11. The first kappa shape index (κ1) is 13.7. The van der Waals surface area contributed by atoms with E-state index in [0.29, 0.717) is 12.1 Å². The van der Waals surface area contributed by atoms with Gasteiger partial charge >= 0.3 is 0 Å². The van der Waals surface area contributed by atoms with Gasteiger partial charge in [-0.05, 0) is 50.2 Å². The quantitative estimate of drug-likeness (QED) is 0.853. The number of para-hydroxylation sites is 1. The van der Waals surface area contributed by atoms with E-state index in [-0.39, 0.29) is 0 Å². The molecule has 0 amide bonds. The van der Waals surface area contributed by atoms with E-state index in [1.807, 2.05) is 0 Å². The van der Waals surface area contributed by atoms with Crippen LogP contribution in [0.5, 0.6) is 0 Å². The van der Waals surface area contributed by atoms with E-state index >= 15 is 0 Å². The van der Waals surface area contributed by atoms with Crippen molar-refractivity contribution in [3.8, 4) is 10.4 Å². The van der Waals surface area contributed by atoms with Crippen molar-refractivity contribution in [2.45, 2.75) is 38.3 Å². The van der Waals surface area contributed by atoms with Crippen molar-refractivity contribution in [1.29, 1.82) is 0 Å². The summed E-state index contributed by atoms with van der Waals surface area (Å²) in [5.41, 5.74) is 2.56. The smallest absolute Gasteiger partial charge is 0.0430 e. The van der Waals surface area contributed by atoms with Gasteiger partial charge in [0.1, 0.15) is 0 Å². The van der Waals surface area contributed by atoms with Crippen LogP contribution < -0.4 is 10.6 Å². The van der Waals surface area contributed by atoms with Crippen LogP contribution in [0.25, 0.3) is 10.4 Å². The number of rotatable bonds is 5. The first-order valence-corrected chi connectivity index (χ1v) is 8.34. The molecule has 2 N–H and O–H groups in total. The second-order valence-electron chi connectivity index (χ2n) is 5.60. The van der Waals surface area contributed by atoms with Gasteiger partial charge in [0.25, 0.3) is 0 Å². The minimum Gasteiger partial charge on any atom is -0.382 e. The number of hydrogen-bond donors (Lipinski definition) is 2. The van der Waals surface area contributed by atoms with Crippen LogP contribution in [0, 0.1) is 0 Å². The number of benzene rings is 1. The van der Waals surface area contributed by atoms with Gasteiger partial charge in [-0.1, -0.05) is 24.3 Å². The molecule has 2 atom stereocenters. The molecule has 0 radical (unpaired) electrons. The van der Waals surface area contributed by atoms with Crippen LogP contribution in [0.3, 0.4) is 0 Å². The summed E-state index contributed by atoms with van der Waals surface area (Å²) in [5.74, 6) is 0. The molecule has 0 spiro atoms. The molecule has 1 aliphatic heterocycles. The van der Waals surface area contributed by atoms with Crippen LogP contribution in [0.15, 0.2) is 41.8 Å². The largest absolute Gasteiger partial charge is 0.382 e. The molecule has 2 heterocycles. The molecule has 2 nitrogen and oxygen atoms in total. The first-order valence-electron chi connectivity index (χ1n) is 7.46. The van der Waals surface area contributed by atoms with Gasteiger partial charge in [0.05, 0.1) is 0 Å². The average molecular weight is 286 g/mol. The topological polar surface area (TPSA) is 24.1 Å².